The first-order valence-corrected chi connectivity index (χ1v) is 7.26. The van der Waals surface area contributed by atoms with E-state index in [1.165, 1.54) is 12.1 Å². The van der Waals surface area contributed by atoms with Crippen LogP contribution in [0, 0.1) is 18.7 Å². The Morgan fingerprint density at radius 1 is 1.38 bits per heavy atom. The van der Waals surface area contributed by atoms with E-state index in [9.17, 15) is 14.0 Å². The van der Waals surface area contributed by atoms with Crippen LogP contribution < -0.4 is 5.32 Å². The molecule has 4 nitrogen and oxygen atoms in total. The molecule has 0 spiro atoms. The highest BCUT2D eigenvalue weighted by Gasteiger charge is 2.54. The maximum atomic E-state index is 13.5. The third-order valence-electron chi connectivity index (χ3n) is 4.73. The molecule has 1 aliphatic carbocycles. The van der Waals surface area contributed by atoms with Crippen molar-refractivity contribution in [1.29, 1.82) is 0 Å². The van der Waals surface area contributed by atoms with Crippen LogP contribution in [0.25, 0.3) is 0 Å². The summed E-state index contributed by atoms with van der Waals surface area (Å²) in [6.07, 6.45) is 1.91. The number of aryl methyl sites for hydroxylation is 1. The zero-order chi connectivity index (χ0) is 15.2. The molecule has 5 heteroatoms. The largest absolute Gasteiger partial charge is 0.345 e. The van der Waals surface area contributed by atoms with E-state index in [4.69, 9.17) is 0 Å². The number of benzene rings is 1. The third kappa shape index (κ3) is 2.30. The number of hydrogen-bond donors (Lipinski definition) is 1. The van der Waals surface area contributed by atoms with Crippen molar-refractivity contribution in [2.75, 3.05) is 6.54 Å². The average Bonchev–Trinajstić information content (AvgIpc) is 3.28. The Morgan fingerprint density at radius 3 is 2.76 bits per heavy atom. The summed E-state index contributed by atoms with van der Waals surface area (Å²) >= 11 is 0. The second kappa shape index (κ2) is 4.83. The molecule has 1 aromatic rings. The molecule has 112 valence electrons. The van der Waals surface area contributed by atoms with E-state index in [1.807, 2.05) is 13.8 Å². The number of carbonyl (C=O) groups is 2. The molecule has 2 aliphatic rings. The number of rotatable bonds is 3. The Labute approximate surface area is 123 Å². The molecule has 0 aromatic heterocycles. The number of hydrogen-bond acceptors (Lipinski definition) is 2. The van der Waals surface area contributed by atoms with E-state index in [0.29, 0.717) is 0 Å². The predicted molar refractivity (Wildman–Crippen MR) is 75.8 cm³/mol. The summed E-state index contributed by atoms with van der Waals surface area (Å²) in [7, 11) is 0. The Balaban J connectivity index is 1.95. The highest BCUT2D eigenvalue weighted by molar-refractivity contribution is 5.98. The Morgan fingerprint density at radius 2 is 2.10 bits per heavy atom. The van der Waals surface area contributed by atoms with Crippen LogP contribution in [0.3, 0.4) is 0 Å². The molecule has 1 saturated carbocycles. The lowest BCUT2D eigenvalue weighted by Crippen LogP contribution is -2.66. The minimum atomic E-state index is -0.811. The molecular formula is C16H19FN2O2. The van der Waals surface area contributed by atoms with Crippen molar-refractivity contribution in [3.8, 4) is 0 Å². The van der Waals surface area contributed by atoms with Crippen LogP contribution in [-0.2, 0) is 16.1 Å². The highest BCUT2D eigenvalue weighted by Crippen LogP contribution is 2.44. The van der Waals surface area contributed by atoms with Crippen molar-refractivity contribution in [3.63, 3.8) is 0 Å². The van der Waals surface area contributed by atoms with Gasteiger partial charge >= 0.3 is 0 Å². The van der Waals surface area contributed by atoms with Crippen molar-refractivity contribution in [3.05, 3.63) is 35.1 Å². The number of carbonyl (C=O) groups excluding carboxylic acids is 2. The molecule has 0 bridgehead atoms. The quantitative estimate of drug-likeness (QED) is 0.922. The van der Waals surface area contributed by atoms with E-state index in [-0.39, 0.29) is 36.6 Å². The van der Waals surface area contributed by atoms with Gasteiger partial charge in [0.15, 0.2) is 0 Å². The molecule has 1 unspecified atom stereocenters. The smallest absolute Gasteiger partial charge is 0.246 e. The minimum Gasteiger partial charge on any atom is -0.345 e. The van der Waals surface area contributed by atoms with E-state index in [1.54, 1.807) is 11.0 Å². The summed E-state index contributed by atoms with van der Waals surface area (Å²) in [5.74, 6) is -0.320. The molecule has 1 aromatic carbocycles. The Bertz CT molecular complexity index is 612. The second-order valence-corrected chi connectivity index (χ2v) is 6.16. The van der Waals surface area contributed by atoms with Crippen molar-refractivity contribution < 1.29 is 14.0 Å². The van der Waals surface area contributed by atoms with Crippen LogP contribution >= 0.6 is 0 Å². The first-order valence-electron chi connectivity index (χ1n) is 7.26. The maximum absolute atomic E-state index is 13.5. The van der Waals surface area contributed by atoms with Gasteiger partial charge in [0.1, 0.15) is 11.4 Å². The van der Waals surface area contributed by atoms with Gasteiger partial charge in [0.25, 0.3) is 0 Å². The second-order valence-electron chi connectivity index (χ2n) is 6.16. The van der Waals surface area contributed by atoms with Gasteiger partial charge in [-0.15, -0.1) is 0 Å². The molecule has 1 atom stereocenters. The SMILES string of the molecule is Cc1ccc(F)cc1CN1C(=O)CNC(=O)C1(C)C1CC1. The zero-order valence-corrected chi connectivity index (χ0v) is 12.3. The van der Waals surface area contributed by atoms with E-state index in [2.05, 4.69) is 5.32 Å². The van der Waals surface area contributed by atoms with Crippen LogP contribution in [0.15, 0.2) is 18.2 Å². The van der Waals surface area contributed by atoms with Crippen LogP contribution in [0.1, 0.15) is 30.9 Å². The summed E-state index contributed by atoms with van der Waals surface area (Å²) < 4.78 is 13.5. The highest BCUT2D eigenvalue weighted by atomic mass is 19.1. The van der Waals surface area contributed by atoms with Crippen LogP contribution in [0.2, 0.25) is 0 Å². The van der Waals surface area contributed by atoms with Gasteiger partial charge in [-0.1, -0.05) is 6.07 Å². The number of piperazine rings is 1. The first-order chi connectivity index (χ1) is 9.92. The lowest BCUT2D eigenvalue weighted by atomic mass is 9.89. The molecule has 1 N–H and O–H groups in total. The normalized spacial score (nSPS) is 26.0. The van der Waals surface area contributed by atoms with Gasteiger partial charge in [0.2, 0.25) is 11.8 Å². The molecule has 0 radical (unpaired) electrons. The topological polar surface area (TPSA) is 49.4 Å². The molecule has 1 saturated heterocycles. The first kappa shape index (κ1) is 14.0. The van der Waals surface area contributed by atoms with Crippen LogP contribution in [0.4, 0.5) is 4.39 Å². The molecule has 1 aliphatic heterocycles. The summed E-state index contributed by atoms with van der Waals surface area (Å²) in [6, 6.07) is 4.56. The van der Waals surface area contributed by atoms with Crippen LogP contribution in [-0.4, -0.2) is 28.8 Å². The van der Waals surface area contributed by atoms with Crippen molar-refractivity contribution in [2.45, 2.75) is 38.8 Å². The Kier molecular flexibility index (Phi) is 3.23. The predicted octanol–water partition coefficient (Wildman–Crippen LogP) is 1.76. The molecule has 2 fully saturated rings. The lowest BCUT2D eigenvalue weighted by Gasteiger charge is -2.44. The molecule has 21 heavy (non-hydrogen) atoms. The van der Waals surface area contributed by atoms with Gasteiger partial charge in [-0.2, -0.15) is 0 Å². The van der Waals surface area contributed by atoms with E-state index >= 15 is 0 Å². The third-order valence-corrected chi connectivity index (χ3v) is 4.73. The molecular weight excluding hydrogens is 271 g/mol. The number of amides is 2. The monoisotopic (exact) mass is 290 g/mol. The van der Waals surface area contributed by atoms with Gasteiger partial charge in [0, 0.05) is 6.54 Å². The summed E-state index contributed by atoms with van der Waals surface area (Å²) in [6.45, 7) is 4.02. The number of halogens is 1. The summed E-state index contributed by atoms with van der Waals surface area (Å²) in [4.78, 5) is 26.3. The van der Waals surface area contributed by atoms with E-state index < -0.39 is 5.54 Å². The van der Waals surface area contributed by atoms with Gasteiger partial charge in [-0.25, -0.2) is 4.39 Å². The van der Waals surface area contributed by atoms with Crippen molar-refractivity contribution in [2.24, 2.45) is 5.92 Å². The lowest BCUT2D eigenvalue weighted by molar-refractivity contribution is -0.155. The van der Waals surface area contributed by atoms with Crippen LogP contribution in [0.5, 0.6) is 0 Å². The summed E-state index contributed by atoms with van der Waals surface area (Å²) in [5, 5.41) is 2.68. The van der Waals surface area contributed by atoms with Crippen molar-refractivity contribution in [1.82, 2.24) is 10.2 Å². The standard InChI is InChI=1S/C16H19FN2O2/c1-10-3-6-13(17)7-11(10)9-19-14(20)8-18-15(21)16(19,2)12-4-5-12/h3,6-7,12H,4-5,8-9H2,1-2H3,(H,18,21). The van der Waals surface area contributed by atoms with Gasteiger partial charge in [0.05, 0.1) is 6.54 Å². The molecule has 3 rings (SSSR count). The number of nitrogens with one attached hydrogen (secondary N) is 1. The van der Waals surface area contributed by atoms with E-state index in [0.717, 1.165) is 24.0 Å². The number of nitrogens with zero attached hydrogens (tertiary/aromatic N) is 1. The fraction of sp³-hybridized carbons (Fsp3) is 0.500. The fourth-order valence-electron chi connectivity index (χ4n) is 3.10. The van der Waals surface area contributed by atoms with Gasteiger partial charge < -0.3 is 10.2 Å². The maximum Gasteiger partial charge on any atom is 0.246 e. The minimum absolute atomic E-state index is 0.0233. The zero-order valence-electron chi connectivity index (χ0n) is 12.3. The van der Waals surface area contributed by atoms with Crippen molar-refractivity contribution >= 4 is 11.8 Å². The van der Waals surface area contributed by atoms with Gasteiger partial charge in [-0.3, -0.25) is 9.59 Å². The average molecular weight is 290 g/mol. The fourth-order valence-corrected chi connectivity index (χ4v) is 3.10. The summed E-state index contributed by atoms with van der Waals surface area (Å²) in [5.41, 5.74) is 0.868. The molecule has 1 heterocycles. The molecule has 2 amide bonds. The Hall–Kier alpha value is -1.91. The van der Waals surface area contributed by atoms with Gasteiger partial charge in [-0.05, 0) is 55.9 Å².